The summed E-state index contributed by atoms with van der Waals surface area (Å²) < 4.78 is 27.8. The van der Waals surface area contributed by atoms with Crippen LogP contribution in [-0.2, 0) is 21.4 Å². The van der Waals surface area contributed by atoms with Crippen molar-refractivity contribution < 1.29 is 13.2 Å². The first kappa shape index (κ1) is 24.3. The minimum Gasteiger partial charge on any atom is -0.324 e. The highest BCUT2D eigenvalue weighted by atomic mass is 35.5. The number of hydrogen-bond acceptors (Lipinski definition) is 3. The highest BCUT2D eigenvalue weighted by Crippen LogP contribution is 2.26. The molecule has 1 N–H and O–H groups in total. The van der Waals surface area contributed by atoms with E-state index < -0.39 is 15.9 Å². The molecule has 5 nitrogen and oxygen atoms in total. The van der Waals surface area contributed by atoms with Gasteiger partial charge in [0.1, 0.15) is 0 Å². The van der Waals surface area contributed by atoms with E-state index >= 15 is 0 Å². The molecule has 0 heterocycles. The summed E-state index contributed by atoms with van der Waals surface area (Å²) in [5, 5.41) is 3.56. The number of nitrogens with one attached hydrogen (secondary N) is 1. The summed E-state index contributed by atoms with van der Waals surface area (Å²) in [5.74, 6) is -0.431. The third-order valence-electron chi connectivity index (χ3n) is 4.99. The first-order valence-electron chi connectivity index (χ1n) is 9.95. The van der Waals surface area contributed by atoms with Crippen molar-refractivity contribution in [3.05, 3.63) is 93.0 Å². The Hall–Kier alpha value is -2.38. The van der Waals surface area contributed by atoms with E-state index in [-0.39, 0.29) is 18.0 Å². The van der Waals surface area contributed by atoms with Gasteiger partial charge >= 0.3 is 0 Å². The Morgan fingerprint density at radius 3 is 2.12 bits per heavy atom. The predicted octanol–water partition coefficient (Wildman–Crippen LogP) is 5.75. The molecule has 0 bridgehead atoms. The van der Waals surface area contributed by atoms with Crippen LogP contribution in [0.25, 0.3) is 0 Å². The van der Waals surface area contributed by atoms with Gasteiger partial charge in [0.15, 0.2) is 0 Å². The fourth-order valence-corrected chi connectivity index (χ4v) is 5.25. The summed E-state index contributed by atoms with van der Waals surface area (Å²) in [6.45, 7) is 5.41. The van der Waals surface area contributed by atoms with Gasteiger partial charge in [0.25, 0.3) is 0 Å². The molecule has 0 aliphatic heterocycles. The second-order valence-corrected chi connectivity index (χ2v) is 10.4. The van der Waals surface area contributed by atoms with E-state index in [1.54, 1.807) is 36.4 Å². The average molecular weight is 491 g/mol. The van der Waals surface area contributed by atoms with Crippen LogP contribution in [-0.4, -0.2) is 25.2 Å². The molecular formula is C24H24Cl2N2O3S. The molecule has 0 aliphatic carbocycles. The fourth-order valence-electron chi connectivity index (χ4n) is 3.53. The molecule has 0 aromatic heterocycles. The molecule has 0 unspecified atom stereocenters. The van der Waals surface area contributed by atoms with E-state index in [2.05, 4.69) is 5.32 Å². The molecule has 3 aromatic rings. The van der Waals surface area contributed by atoms with E-state index in [9.17, 15) is 13.2 Å². The van der Waals surface area contributed by atoms with Crippen LogP contribution in [0, 0.1) is 20.8 Å². The number of amides is 1. The third-order valence-corrected chi connectivity index (χ3v) is 7.53. The maximum atomic E-state index is 13.3. The Balaban J connectivity index is 1.92. The molecule has 3 rings (SSSR count). The SMILES string of the molecule is Cc1cc(C)c(NC(=O)CN(Cc2ccc(Cl)c(Cl)c2)S(=O)(=O)c2ccccc2)c(C)c1. The minimum absolute atomic E-state index is 0.0343. The maximum absolute atomic E-state index is 13.3. The molecule has 32 heavy (non-hydrogen) atoms. The van der Waals surface area contributed by atoms with Gasteiger partial charge in [-0.15, -0.1) is 0 Å². The molecule has 168 valence electrons. The van der Waals surface area contributed by atoms with Gasteiger partial charge in [0, 0.05) is 12.2 Å². The van der Waals surface area contributed by atoms with E-state index in [1.807, 2.05) is 32.9 Å². The van der Waals surface area contributed by atoms with Crippen LogP contribution in [0.1, 0.15) is 22.3 Å². The number of carbonyl (C=O) groups is 1. The zero-order valence-corrected chi connectivity index (χ0v) is 20.4. The van der Waals surface area contributed by atoms with Gasteiger partial charge in [0.2, 0.25) is 15.9 Å². The highest BCUT2D eigenvalue weighted by Gasteiger charge is 2.27. The monoisotopic (exact) mass is 490 g/mol. The van der Waals surface area contributed by atoms with Gasteiger partial charge in [-0.05, 0) is 61.7 Å². The van der Waals surface area contributed by atoms with E-state index in [4.69, 9.17) is 23.2 Å². The second-order valence-electron chi connectivity index (χ2n) is 7.66. The molecule has 0 radical (unpaired) electrons. The number of anilines is 1. The number of rotatable bonds is 7. The number of sulfonamides is 1. The molecule has 3 aromatic carbocycles. The molecular weight excluding hydrogens is 467 g/mol. The van der Waals surface area contributed by atoms with E-state index in [1.165, 1.54) is 12.1 Å². The Morgan fingerprint density at radius 2 is 1.53 bits per heavy atom. The topological polar surface area (TPSA) is 66.5 Å². The summed E-state index contributed by atoms with van der Waals surface area (Å²) in [6, 6.07) is 16.9. The van der Waals surface area contributed by atoms with Crippen molar-refractivity contribution in [3.8, 4) is 0 Å². The van der Waals surface area contributed by atoms with Gasteiger partial charge in [-0.25, -0.2) is 8.42 Å². The number of halogens is 2. The number of benzene rings is 3. The molecule has 0 saturated carbocycles. The Morgan fingerprint density at radius 1 is 0.906 bits per heavy atom. The lowest BCUT2D eigenvalue weighted by molar-refractivity contribution is -0.116. The van der Waals surface area contributed by atoms with Crippen LogP contribution in [0.5, 0.6) is 0 Å². The summed E-state index contributed by atoms with van der Waals surface area (Å²) in [5.41, 5.74) is 4.23. The van der Waals surface area contributed by atoms with Crippen LogP contribution < -0.4 is 5.32 Å². The van der Waals surface area contributed by atoms with Gasteiger partial charge in [0.05, 0.1) is 21.5 Å². The molecule has 0 aliphatic rings. The zero-order chi connectivity index (χ0) is 23.5. The first-order chi connectivity index (χ1) is 15.1. The lowest BCUT2D eigenvalue weighted by Gasteiger charge is -2.23. The molecule has 1 amide bonds. The van der Waals surface area contributed by atoms with Crippen LogP contribution in [0.2, 0.25) is 10.0 Å². The van der Waals surface area contributed by atoms with Crippen LogP contribution >= 0.6 is 23.2 Å². The predicted molar refractivity (Wildman–Crippen MR) is 130 cm³/mol. The Kier molecular flexibility index (Phi) is 7.62. The third kappa shape index (κ3) is 5.70. The molecule has 0 atom stereocenters. The van der Waals surface area contributed by atoms with Gasteiger partial charge in [-0.1, -0.05) is 65.2 Å². The normalized spacial score (nSPS) is 11.6. The number of hydrogen-bond donors (Lipinski definition) is 1. The molecule has 0 fully saturated rings. The minimum atomic E-state index is -3.94. The summed E-state index contributed by atoms with van der Waals surface area (Å²) in [4.78, 5) is 13.0. The molecule has 0 spiro atoms. The van der Waals surface area contributed by atoms with Crippen LogP contribution in [0.15, 0.2) is 65.6 Å². The van der Waals surface area contributed by atoms with Crippen molar-refractivity contribution in [1.82, 2.24) is 4.31 Å². The lowest BCUT2D eigenvalue weighted by atomic mass is 10.1. The van der Waals surface area contributed by atoms with Crippen LogP contribution in [0.4, 0.5) is 5.69 Å². The first-order valence-corrected chi connectivity index (χ1v) is 12.1. The Bertz CT molecular complexity index is 1220. The van der Waals surface area contributed by atoms with Gasteiger partial charge in [-0.2, -0.15) is 4.31 Å². The van der Waals surface area contributed by atoms with Crippen molar-refractivity contribution in [3.63, 3.8) is 0 Å². The van der Waals surface area contributed by atoms with Crippen molar-refractivity contribution in [1.29, 1.82) is 0 Å². The highest BCUT2D eigenvalue weighted by molar-refractivity contribution is 7.89. The van der Waals surface area contributed by atoms with Gasteiger partial charge < -0.3 is 5.32 Å². The standard InChI is InChI=1S/C24H24Cl2N2O3S/c1-16-11-17(2)24(18(3)12-16)27-23(29)15-28(14-19-9-10-21(25)22(26)13-19)32(30,31)20-7-5-4-6-8-20/h4-13H,14-15H2,1-3H3,(H,27,29). The fraction of sp³-hybridized carbons (Fsp3) is 0.208. The number of nitrogens with zero attached hydrogens (tertiary/aromatic N) is 1. The second kappa shape index (κ2) is 10.0. The summed E-state index contributed by atoms with van der Waals surface area (Å²) in [7, 11) is -3.94. The van der Waals surface area contributed by atoms with Gasteiger partial charge in [-0.3, -0.25) is 4.79 Å². The average Bonchev–Trinajstić information content (AvgIpc) is 2.73. The van der Waals surface area contributed by atoms with Crippen molar-refractivity contribution >= 4 is 44.8 Å². The number of aryl methyl sites for hydroxylation is 3. The molecule has 8 heteroatoms. The summed E-state index contributed by atoms with van der Waals surface area (Å²) >= 11 is 12.1. The van der Waals surface area contributed by atoms with E-state index in [0.29, 0.717) is 21.3 Å². The maximum Gasteiger partial charge on any atom is 0.243 e. The lowest BCUT2D eigenvalue weighted by Crippen LogP contribution is -2.37. The quantitative estimate of drug-likeness (QED) is 0.458. The van der Waals surface area contributed by atoms with Crippen LogP contribution in [0.3, 0.4) is 0 Å². The smallest absolute Gasteiger partial charge is 0.243 e. The zero-order valence-electron chi connectivity index (χ0n) is 18.0. The largest absolute Gasteiger partial charge is 0.324 e. The molecule has 0 saturated heterocycles. The van der Waals surface area contributed by atoms with Crippen molar-refractivity contribution in [2.75, 3.05) is 11.9 Å². The van der Waals surface area contributed by atoms with Crippen molar-refractivity contribution in [2.24, 2.45) is 0 Å². The Labute approximate surface area is 199 Å². The van der Waals surface area contributed by atoms with E-state index in [0.717, 1.165) is 21.0 Å². The summed E-state index contributed by atoms with van der Waals surface area (Å²) in [6.07, 6.45) is 0. The van der Waals surface area contributed by atoms with Crippen molar-refractivity contribution in [2.45, 2.75) is 32.2 Å². The number of carbonyl (C=O) groups excluding carboxylic acids is 1.